The van der Waals surface area contributed by atoms with Gasteiger partial charge in [-0.1, -0.05) is 30.3 Å². The molecule has 86 valence electrons. The minimum Gasteiger partial charge on any atom is -0.434 e. The van der Waals surface area contributed by atoms with E-state index in [9.17, 15) is 4.79 Å². The van der Waals surface area contributed by atoms with E-state index in [1.54, 1.807) is 6.92 Å². The first-order chi connectivity index (χ1) is 7.69. The van der Waals surface area contributed by atoms with Crippen molar-refractivity contribution in [2.75, 3.05) is 13.7 Å². The highest BCUT2D eigenvalue weighted by Gasteiger charge is 2.55. The predicted octanol–water partition coefficient (Wildman–Crippen LogP) is 1.45. The largest absolute Gasteiger partial charge is 0.434 e. The number of rotatable bonds is 4. The Labute approximate surface area is 94.1 Å². The molecule has 2 atom stereocenters. The Morgan fingerprint density at radius 3 is 2.56 bits per heavy atom. The van der Waals surface area contributed by atoms with Crippen LogP contribution in [0.5, 0.6) is 0 Å². The van der Waals surface area contributed by atoms with Crippen LogP contribution in [0.1, 0.15) is 12.5 Å². The zero-order valence-electron chi connectivity index (χ0n) is 9.30. The van der Waals surface area contributed by atoms with E-state index in [0.29, 0.717) is 6.61 Å². The van der Waals surface area contributed by atoms with Gasteiger partial charge in [-0.05, 0) is 12.5 Å². The molecule has 4 heteroatoms. The van der Waals surface area contributed by atoms with Crippen molar-refractivity contribution >= 4 is 5.97 Å². The molecule has 2 unspecified atom stereocenters. The molecule has 0 amide bonds. The van der Waals surface area contributed by atoms with Crippen molar-refractivity contribution in [2.24, 2.45) is 0 Å². The minimum atomic E-state index is -0.909. The van der Waals surface area contributed by atoms with Crippen molar-refractivity contribution in [2.45, 2.75) is 18.8 Å². The van der Waals surface area contributed by atoms with Crippen molar-refractivity contribution in [3.05, 3.63) is 35.9 Å². The summed E-state index contributed by atoms with van der Waals surface area (Å²) in [4.78, 5) is 11.9. The Bertz CT molecular complexity index is 370. The molecule has 1 aliphatic heterocycles. The van der Waals surface area contributed by atoms with Crippen LogP contribution in [0.25, 0.3) is 0 Å². The normalized spacial score (nSPS) is 24.9. The number of ether oxygens (including phenoxy) is 3. The van der Waals surface area contributed by atoms with Crippen LogP contribution in [-0.2, 0) is 24.6 Å². The fourth-order valence-electron chi connectivity index (χ4n) is 1.48. The van der Waals surface area contributed by atoms with Gasteiger partial charge >= 0.3 is 5.97 Å². The van der Waals surface area contributed by atoms with Crippen LogP contribution in [0.3, 0.4) is 0 Å². The molecule has 0 saturated carbocycles. The standard InChI is InChI=1S/C12H14O4/c1-9(14-2)16-11(13)12(8-15-12)10-6-4-3-5-7-10/h3-7,9H,8H2,1-2H3. The number of esters is 1. The van der Waals surface area contributed by atoms with E-state index >= 15 is 0 Å². The third-order valence-electron chi connectivity index (χ3n) is 2.61. The highest BCUT2D eigenvalue weighted by Crippen LogP contribution is 2.40. The van der Waals surface area contributed by atoms with Crippen LogP contribution in [-0.4, -0.2) is 26.0 Å². The van der Waals surface area contributed by atoms with Gasteiger partial charge in [0.25, 0.3) is 0 Å². The SMILES string of the molecule is COC(C)OC(=O)C1(c2ccccc2)CO1. The molecule has 1 aliphatic rings. The molecule has 2 rings (SSSR count). The molecule has 0 radical (unpaired) electrons. The molecule has 0 bridgehead atoms. The average Bonchev–Trinajstić information content (AvgIpc) is 3.11. The molecule has 0 aliphatic carbocycles. The number of hydrogen-bond acceptors (Lipinski definition) is 4. The van der Waals surface area contributed by atoms with Crippen molar-refractivity contribution in [3.8, 4) is 0 Å². The van der Waals surface area contributed by atoms with E-state index < -0.39 is 17.9 Å². The second-order valence-electron chi connectivity index (χ2n) is 3.69. The summed E-state index contributed by atoms with van der Waals surface area (Å²) >= 11 is 0. The molecule has 1 aromatic rings. The van der Waals surface area contributed by atoms with Crippen molar-refractivity contribution in [1.82, 2.24) is 0 Å². The van der Waals surface area contributed by atoms with Gasteiger partial charge in [-0.2, -0.15) is 0 Å². The summed E-state index contributed by atoms with van der Waals surface area (Å²) in [6, 6.07) is 9.33. The highest BCUT2D eigenvalue weighted by atomic mass is 16.7. The molecule has 1 aromatic carbocycles. The zero-order chi connectivity index (χ0) is 11.6. The van der Waals surface area contributed by atoms with Crippen LogP contribution >= 0.6 is 0 Å². The topological polar surface area (TPSA) is 48.1 Å². The first-order valence-corrected chi connectivity index (χ1v) is 5.12. The lowest BCUT2D eigenvalue weighted by Gasteiger charge is -2.15. The molecule has 4 nitrogen and oxygen atoms in total. The van der Waals surface area contributed by atoms with Gasteiger partial charge in [-0.3, -0.25) is 0 Å². The molecule has 1 saturated heterocycles. The molecular formula is C12H14O4. The van der Waals surface area contributed by atoms with Gasteiger partial charge in [0.2, 0.25) is 5.60 Å². The fourth-order valence-corrected chi connectivity index (χ4v) is 1.48. The van der Waals surface area contributed by atoms with Gasteiger partial charge in [-0.25, -0.2) is 4.79 Å². The maximum Gasteiger partial charge on any atom is 0.347 e. The predicted molar refractivity (Wildman–Crippen MR) is 56.6 cm³/mol. The maximum atomic E-state index is 11.9. The van der Waals surface area contributed by atoms with Crippen LogP contribution < -0.4 is 0 Å². The molecule has 0 N–H and O–H groups in total. The first kappa shape index (κ1) is 11.1. The number of methoxy groups -OCH3 is 1. The Hall–Kier alpha value is -1.39. The van der Waals surface area contributed by atoms with Crippen LogP contribution in [0.15, 0.2) is 30.3 Å². The highest BCUT2D eigenvalue weighted by molar-refractivity contribution is 5.84. The van der Waals surface area contributed by atoms with Gasteiger partial charge in [0.1, 0.15) is 0 Å². The summed E-state index contributed by atoms with van der Waals surface area (Å²) in [7, 11) is 1.49. The first-order valence-electron chi connectivity index (χ1n) is 5.12. The number of benzene rings is 1. The maximum absolute atomic E-state index is 11.9. The Morgan fingerprint density at radius 2 is 2.06 bits per heavy atom. The third kappa shape index (κ3) is 1.94. The molecule has 16 heavy (non-hydrogen) atoms. The Balaban J connectivity index is 2.12. The number of hydrogen-bond donors (Lipinski definition) is 0. The van der Waals surface area contributed by atoms with Crippen molar-refractivity contribution in [1.29, 1.82) is 0 Å². The van der Waals surface area contributed by atoms with Crippen LogP contribution in [0, 0.1) is 0 Å². The lowest BCUT2D eigenvalue weighted by atomic mass is 10.0. The third-order valence-corrected chi connectivity index (χ3v) is 2.61. The molecule has 1 fully saturated rings. The number of epoxide rings is 1. The lowest BCUT2D eigenvalue weighted by Crippen LogP contribution is -2.28. The minimum absolute atomic E-state index is 0.367. The van der Waals surface area contributed by atoms with Crippen LogP contribution in [0.2, 0.25) is 0 Å². The van der Waals surface area contributed by atoms with Crippen LogP contribution in [0.4, 0.5) is 0 Å². The van der Waals surface area contributed by atoms with E-state index in [0.717, 1.165) is 5.56 Å². The Morgan fingerprint density at radius 1 is 1.44 bits per heavy atom. The van der Waals surface area contributed by atoms with Crippen molar-refractivity contribution in [3.63, 3.8) is 0 Å². The second-order valence-corrected chi connectivity index (χ2v) is 3.69. The number of carbonyl (C=O) groups is 1. The molecule has 0 spiro atoms. The van der Waals surface area contributed by atoms with Gasteiger partial charge in [0.15, 0.2) is 6.29 Å². The quantitative estimate of drug-likeness (QED) is 0.439. The second kappa shape index (κ2) is 4.23. The summed E-state index contributed by atoms with van der Waals surface area (Å²) < 4.78 is 15.2. The van der Waals surface area contributed by atoms with Crippen molar-refractivity contribution < 1.29 is 19.0 Å². The van der Waals surface area contributed by atoms with Gasteiger partial charge in [0, 0.05) is 7.11 Å². The lowest BCUT2D eigenvalue weighted by molar-refractivity contribution is -0.176. The van der Waals surface area contributed by atoms with E-state index in [1.165, 1.54) is 7.11 Å². The summed E-state index contributed by atoms with van der Waals surface area (Å²) in [6.45, 7) is 2.03. The summed E-state index contributed by atoms with van der Waals surface area (Å²) in [5, 5.41) is 0. The van der Waals surface area contributed by atoms with E-state index in [4.69, 9.17) is 14.2 Å². The fraction of sp³-hybridized carbons (Fsp3) is 0.417. The van der Waals surface area contributed by atoms with E-state index in [2.05, 4.69) is 0 Å². The van der Waals surface area contributed by atoms with E-state index in [-0.39, 0.29) is 0 Å². The number of carbonyl (C=O) groups excluding carboxylic acids is 1. The molecular weight excluding hydrogens is 208 g/mol. The smallest absolute Gasteiger partial charge is 0.347 e. The monoisotopic (exact) mass is 222 g/mol. The average molecular weight is 222 g/mol. The summed E-state index contributed by atoms with van der Waals surface area (Å²) in [5.41, 5.74) is -0.0862. The summed E-state index contributed by atoms with van der Waals surface area (Å²) in [5.74, 6) is -0.395. The van der Waals surface area contributed by atoms with E-state index in [1.807, 2.05) is 30.3 Å². The Kier molecular flexibility index (Phi) is 2.94. The summed E-state index contributed by atoms with van der Waals surface area (Å²) in [6.07, 6.45) is -0.558. The van der Waals surface area contributed by atoms with Gasteiger partial charge in [0.05, 0.1) is 6.61 Å². The zero-order valence-corrected chi connectivity index (χ0v) is 9.30. The molecule has 0 aromatic heterocycles. The van der Waals surface area contributed by atoms with Gasteiger partial charge < -0.3 is 14.2 Å². The van der Waals surface area contributed by atoms with Gasteiger partial charge in [-0.15, -0.1) is 0 Å². The molecule has 1 heterocycles.